The van der Waals surface area contributed by atoms with Crippen LogP contribution in [-0.4, -0.2) is 25.6 Å². The van der Waals surface area contributed by atoms with Crippen LogP contribution in [0.4, 0.5) is 4.39 Å². The summed E-state index contributed by atoms with van der Waals surface area (Å²) in [7, 11) is -3.84. The summed E-state index contributed by atoms with van der Waals surface area (Å²) in [5.74, 6) is -1.08. The lowest BCUT2D eigenvalue weighted by Crippen LogP contribution is -2.43. The molecule has 1 N–H and O–H groups in total. The Morgan fingerprint density at radius 2 is 1.87 bits per heavy atom. The Hall–Kier alpha value is -1.73. The van der Waals surface area contributed by atoms with E-state index in [0.717, 1.165) is 17.7 Å². The van der Waals surface area contributed by atoms with Crippen LogP contribution in [0.5, 0.6) is 0 Å². The van der Waals surface area contributed by atoms with Gasteiger partial charge in [0.25, 0.3) is 0 Å². The molecule has 0 saturated carbocycles. The van der Waals surface area contributed by atoms with E-state index < -0.39 is 26.8 Å². The highest BCUT2D eigenvalue weighted by Gasteiger charge is 2.30. The Bertz CT molecular complexity index is 755. The number of sulfone groups is 1. The fourth-order valence-corrected chi connectivity index (χ4v) is 4.10. The van der Waals surface area contributed by atoms with Crippen molar-refractivity contribution in [2.45, 2.75) is 36.5 Å². The molecule has 0 spiro atoms. The number of rotatable bonds is 6. The average Bonchev–Trinajstić information content (AvgIpc) is 2.99. The van der Waals surface area contributed by atoms with E-state index in [2.05, 4.69) is 5.32 Å². The lowest BCUT2D eigenvalue weighted by Gasteiger charge is -2.17. The summed E-state index contributed by atoms with van der Waals surface area (Å²) in [6.07, 6.45) is 0.637. The second-order valence-electron chi connectivity index (χ2n) is 5.39. The van der Waals surface area contributed by atoms with Gasteiger partial charge < -0.3 is 5.32 Å². The molecule has 1 heterocycles. The van der Waals surface area contributed by atoms with E-state index in [0.29, 0.717) is 6.42 Å². The van der Waals surface area contributed by atoms with Gasteiger partial charge >= 0.3 is 0 Å². The van der Waals surface area contributed by atoms with Gasteiger partial charge in [0.1, 0.15) is 11.1 Å². The molecule has 1 aromatic carbocycles. The lowest BCUT2D eigenvalue weighted by molar-refractivity contribution is -0.121. The standard InChI is InChI=1S/C16H18FNO3S2/c1-11(9-13-7-8-22-10-13)18-16(19)12(2)23(20,21)15-5-3-14(17)4-6-15/h3-8,10-12H,9H2,1-2H3,(H,18,19). The van der Waals surface area contributed by atoms with Crippen molar-refractivity contribution in [1.82, 2.24) is 5.32 Å². The number of halogens is 1. The molecule has 0 saturated heterocycles. The molecule has 0 fully saturated rings. The predicted molar refractivity (Wildman–Crippen MR) is 88.7 cm³/mol. The first kappa shape index (κ1) is 17.6. The average molecular weight is 355 g/mol. The summed E-state index contributed by atoms with van der Waals surface area (Å²) < 4.78 is 37.7. The van der Waals surface area contributed by atoms with E-state index in [4.69, 9.17) is 0 Å². The largest absolute Gasteiger partial charge is 0.352 e. The summed E-state index contributed by atoms with van der Waals surface area (Å²) in [5.41, 5.74) is 1.09. The minimum atomic E-state index is -3.84. The maximum atomic E-state index is 12.9. The van der Waals surface area contributed by atoms with E-state index in [9.17, 15) is 17.6 Å². The van der Waals surface area contributed by atoms with Crippen molar-refractivity contribution in [3.63, 3.8) is 0 Å². The summed E-state index contributed by atoms with van der Waals surface area (Å²) in [6.45, 7) is 3.16. The molecule has 4 nitrogen and oxygen atoms in total. The van der Waals surface area contributed by atoms with Crippen LogP contribution in [0.3, 0.4) is 0 Å². The van der Waals surface area contributed by atoms with Crippen LogP contribution in [0.15, 0.2) is 46.0 Å². The van der Waals surface area contributed by atoms with Gasteiger partial charge in [0, 0.05) is 6.04 Å². The molecule has 2 aromatic rings. The molecule has 23 heavy (non-hydrogen) atoms. The lowest BCUT2D eigenvalue weighted by atomic mass is 10.1. The number of amides is 1. The molecule has 2 atom stereocenters. The Morgan fingerprint density at radius 3 is 2.43 bits per heavy atom. The zero-order chi connectivity index (χ0) is 17.0. The smallest absolute Gasteiger partial charge is 0.238 e. The van der Waals surface area contributed by atoms with Crippen LogP contribution in [0.2, 0.25) is 0 Å². The molecule has 1 amide bonds. The molecular formula is C16H18FNO3S2. The first-order valence-electron chi connectivity index (χ1n) is 7.11. The minimum absolute atomic E-state index is 0.0629. The molecule has 2 rings (SSSR count). The highest BCUT2D eigenvalue weighted by molar-refractivity contribution is 7.92. The zero-order valence-electron chi connectivity index (χ0n) is 12.8. The van der Waals surface area contributed by atoms with Crippen molar-refractivity contribution in [2.24, 2.45) is 0 Å². The van der Waals surface area contributed by atoms with E-state index in [1.807, 2.05) is 23.8 Å². The molecule has 124 valence electrons. The van der Waals surface area contributed by atoms with Gasteiger partial charge in [0.2, 0.25) is 5.91 Å². The molecule has 0 radical (unpaired) electrons. The Labute approximate surface area is 139 Å². The molecular weight excluding hydrogens is 337 g/mol. The number of carbonyl (C=O) groups excluding carboxylic acids is 1. The number of benzene rings is 1. The first-order valence-corrected chi connectivity index (χ1v) is 9.60. The van der Waals surface area contributed by atoms with Gasteiger partial charge in [-0.2, -0.15) is 11.3 Å². The van der Waals surface area contributed by atoms with Crippen LogP contribution < -0.4 is 5.32 Å². The number of carbonyl (C=O) groups is 1. The Balaban J connectivity index is 2.04. The van der Waals surface area contributed by atoms with Gasteiger partial charge in [-0.1, -0.05) is 0 Å². The normalized spacial score (nSPS) is 14.2. The van der Waals surface area contributed by atoms with Gasteiger partial charge in [0.15, 0.2) is 9.84 Å². The Kier molecular flexibility index (Phi) is 5.54. The third-order valence-electron chi connectivity index (χ3n) is 3.49. The number of thiophene rings is 1. The molecule has 0 aliphatic rings. The first-order chi connectivity index (χ1) is 10.8. The van der Waals surface area contributed by atoms with Crippen molar-refractivity contribution in [2.75, 3.05) is 0 Å². The maximum absolute atomic E-state index is 12.9. The Morgan fingerprint density at radius 1 is 1.22 bits per heavy atom. The number of nitrogens with one attached hydrogen (secondary N) is 1. The van der Waals surface area contributed by atoms with Gasteiger partial charge in [0.05, 0.1) is 4.90 Å². The van der Waals surface area contributed by atoms with Crippen molar-refractivity contribution < 1.29 is 17.6 Å². The third kappa shape index (κ3) is 4.39. The van der Waals surface area contributed by atoms with Gasteiger partial charge in [-0.3, -0.25) is 4.79 Å². The number of hydrogen-bond acceptors (Lipinski definition) is 4. The van der Waals surface area contributed by atoms with Gasteiger partial charge in [-0.15, -0.1) is 0 Å². The molecule has 1 aromatic heterocycles. The van der Waals surface area contributed by atoms with E-state index in [1.165, 1.54) is 19.1 Å². The van der Waals surface area contributed by atoms with Crippen molar-refractivity contribution >= 4 is 27.1 Å². The van der Waals surface area contributed by atoms with E-state index >= 15 is 0 Å². The fourth-order valence-electron chi connectivity index (χ4n) is 2.14. The second-order valence-corrected chi connectivity index (χ2v) is 8.44. The van der Waals surface area contributed by atoms with Gasteiger partial charge in [-0.25, -0.2) is 12.8 Å². The summed E-state index contributed by atoms with van der Waals surface area (Å²) in [4.78, 5) is 12.1. The van der Waals surface area contributed by atoms with Crippen molar-refractivity contribution in [3.05, 3.63) is 52.5 Å². The second kappa shape index (κ2) is 7.23. The topological polar surface area (TPSA) is 63.2 Å². The SMILES string of the molecule is CC(Cc1ccsc1)NC(=O)C(C)S(=O)(=O)c1ccc(F)cc1. The fraction of sp³-hybridized carbons (Fsp3) is 0.312. The summed E-state index contributed by atoms with van der Waals surface area (Å²) in [6, 6.07) is 6.26. The van der Waals surface area contributed by atoms with Gasteiger partial charge in [-0.05, 0) is 66.9 Å². The number of hydrogen-bond donors (Lipinski definition) is 1. The highest BCUT2D eigenvalue weighted by atomic mass is 32.2. The third-order valence-corrected chi connectivity index (χ3v) is 6.29. The summed E-state index contributed by atoms with van der Waals surface area (Å²) in [5, 5.41) is 5.42. The van der Waals surface area contributed by atoms with Crippen LogP contribution in [0.1, 0.15) is 19.4 Å². The van der Waals surface area contributed by atoms with Crippen LogP contribution >= 0.6 is 11.3 Å². The van der Waals surface area contributed by atoms with Crippen molar-refractivity contribution in [3.8, 4) is 0 Å². The molecule has 7 heteroatoms. The van der Waals surface area contributed by atoms with E-state index in [-0.39, 0.29) is 10.9 Å². The molecule has 0 aliphatic carbocycles. The van der Waals surface area contributed by atoms with Crippen LogP contribution in [0, 0.1) is 5.82 Å². The van der Waals surface area contributed by atoms with Crippen LogP contribution in [0.25, 0.3) is 0 Å². The van der Waals surface area contributed by atoms with Crippen LogP contribution in [-0.2, 0) is 21.1 Å². The quantitative estimate of drug-likeness (QED) is 0.811. The molecule has 0 bridgehead atoms. The summed E-state index contributed by atoms with van der Waals surface area (Å²) >= 11 is 1.57. The molecule has 2 unspecified atom stereocenters. The predicted octanol–water partition coefficient (Wildman–Crippen LogP) is 2.80. The highest BCUT2D eigenvalue weighted by Crippen LogP contribution is 2.17. The molecule has 0 aliphatic heterocycles. The maximum Gasteiger partial charge on any atom is 0.238 e. The minimum Gasteiger partial charge on any atom is -0.352 e. The van der Waals surface area contributed by atoms with Crippen molar-refractivity contribution in [1.29, 1.82) is 0 Å². The van der Waals surface area contributed by atoms with E-state index in [1.54, 1.807) is 11.3 Å². The zero-order valence-corrected chi connectivity index (χ0v) is 14.5. The monoisotopic (exact) mass is 355 g/mol.